The van der Waals surface area contributed by atoms with Gasteiger partial charge in [0.25, 0.3) is 0 Å². The Kier molecular flexibility index (Phi) is 6.60. The SMILES string of the molecule is CCCCNCCSCc1occc1C. The van der Waals surface area contributed by atoms with E-state index in [1.54, 1.807) is 6.26 Å². The summed E-state index contributed by atoms with van der Waals surface area (Å²) in [6.07, 6.45) is 4.32. The van der Waals surface area contributed by atoms with E-state index in [4.69, 9.17) is 4.42 Å². The monoisotopic (exact) mass is 227 g/mol. The summed E-state index contributed by atoms with van der Waals surface area (Å²) >= 11 is 1.93. The molecule has 15 heavy (non-hydrogen) atoms. The molecule has 0 aliphatic heterocycles. The molecule has 1 heterocycles. The third-order valence-electron chi connectivity index (χ3n) is 2.33. The molecule has 0 aliphatic rings. The summed E-state index contributed by atoms with van der Waals surface area (Å²) < 4.78 is 5.37. The van der Waals surface area contributed by atoms with Crippen molar-refractivity contribution in [1.82, 2.24) is 5.32 Å². The van der Waals surface area contributed by atoms with Crippen molar-refractivity contribution in [3.8, 4) is 0 Å². The fourth-order valence-corrected chi connectivity index (χ4v) is 2.20. The number of hydrogen-bond acceptors (Lipinski definition) is 3. The molecule has 0 spiro atoms. The highest BCUT2D eigenvalue weighted by atomic mass is 32.2. The minimum Gasteiger partial charge on any atom is -0.468 e. The van der Waals surface area contributed by atoms with Crippen LogP contribution in [0.4, 0.5) is 0 Å². The van der Waals surface area contributed by atoms with Gasteiger partial charge in [-0.05, 0) is 31.5 Å². The number of nitrogens with one attached hydrogen (secondary N) is 1. The zero-order chi connectivity index (χ0) is 10.9. The molecule has 1 aromatic rings. The Balaban J connectivity index is 1.96. The molecule has 0 fully saturated rings. The molecule has 1 N–H and O–H groups in total. The number of aryl methyl sites for hydroxylation is 1. The highest BCUT2D eigenvalue weighted by Gasteiger charge is 2.00. The van der Waals surface area contributed by atoms with E-state index in [1.807, 2.05) is 17.8 Å². The number of hydrogen-bond donors (Lipinski definition) is 1. The van der Waals surface area contributed by atoms with Gasteiger partial charge in [0.2, 0.25) is 0 Å². The first-order chi connectivity index (χ1) is 7.34. The van der Waals surface area contributed by atoms with Crippen molar-refractivity contribution >= 4 is 11.8 Å². The second kappa shape index (κ2) is 7.83. The van der Waals surface area contributed by atoms with Gasteiger partial charge in [0.15, 0.2) is 0 Å². The molecule has 0 amide bonds. The van der Waals surface area contributed by atoms with Gasteiger partial charge in [-0.25, -0.2) is 0 Å². The molecule has 0 unspecified atom stereocenters. The molecule has 86 valence electrons. The van der Waals surface area contributed by atoms with Crippen molar-refractivity contribution in [3.63, 3.8) is 0 Å². The lowest BCUT2D eigenvalue weighted by atomic mass is 10.3. The van der Waals surface area contributed by atoms with Gasteiger partial charge in [-0.2, -0.15) is 11.8 Å². The molecule has 1 aromatic heterocycles. The van der Waals surface area contributed by atoms with E-state index >= 15 is 0 Å². The molecule has 0 aliphatic carbocycles. The fraction of sp³-hybridized carbons (Fsp3) is 0.667. The van der Waals surface area contributed by atoms with Gasteiger partial charge in [0, 0.05) is 12.3 Å². The Morgan fingerprint density at radius 2 is 2.27 bits per heavy atom. The molecule has 2 nitrogen and oxygen atoms in total. The Morgan fingerprint density at radius 3 is 2.93 bits per heavy atom. The second-order valence-corrected chi connectivity index (χ2v) is 4.79. The van der Waals surface area contributed by atoms with Gasteiger partial charge in [-0.1, -0.05) is 13.3 Å². The van der Waals surface area contributed by atoms with E-state index < -0.39 is 0 Å². The molecule has 0 aromatic carbocycles. The van der Waals surface area contributed by atoms with E-state index in [1.165, 1.54) is 18.4 Å². The summed E-state index contributed by atoms with van der Waals surface area (Å²) in [6, 6.07) is 2.02. The summed E-state index contributed by atoms with van der Waals surface area (Å²) in [7, 11) is 0. The minimum atomic E-state index is 0.994. The second-order valence-electron chi connectivity index (χ2n) is 3.68. The third kappa shape index (κ3) is 5.28. The van der Waals surface area contributed by atoms with E-state index in [0.717, 1.165) is 30.4 Å². The van der Waals surface area contributed by atoms with Crippen molar-refractivity contribution in [1.29, 1.82) is 0 Å². The average molecular weight is 227 g/mol. The van der Waals surface area contributed by atoms with Crippen LogP contribution in [-0.2, 0) is 5.75 Å². The van der Waals surface area contributed by atoms with Crippen LogP contribution in [0.15, 0.2) is 16.7 Å². The molecule has 0 saturated heterocycles. The van der Waals surface area contributed by atoms with Crippen LogP contribution in [0, 0.1) is 6.92 Å². The first-order valence-corrected chi connectivity index (χ1v) is 6.81. The molecule has 0 saturated carbocycles. The van der Waals surface area contributed by atoms with Gasteiger partial charge < -0.3 is 9.73 Å². The number of rotatable bonds is 8. The molecular weight excluding hydrogens is 206 g/mol. The minimum absolute atomic E-state index is 0.994. The highest BCUT2D eigenvalue weighted by Crippen LogP contribution is 2.16. The number of unbranched alkanes of at least 4 members (excludes halogenated alkanes) is 1. The van der Waals surface area contributed by atoms with Crippen LogP contribution in [0.5, 0.6) is 0 Å². The zero-order valence-electron chi connectivity index (χ0n) is 9.71. The van der Waals surface area contributed by atoms with Crippen molar-refractivity contribution < 1.29 is 4.42 Å². The van der Waals surface area contributed by atoms with Crippen LogP contribution < -0.4 is 5.32 Å². The van der Waals surface area contributed by atoms with Gasteiger partial charge in [-0.15, -0.1) is 0 Å². The number of furan rings is 1. The molecule has 1 rings (SSSR count). The molecule has 3 heteroatoms. The smallest absolute Gasteiger partial charge is 0.116 e. The van der Waals surface area contributed by atoms with E-state index in [2.05, 4.69) is 19.2 Å². The van der Waals surface area contributed by atoms with Crippen molar-refractivity contribution in [2.24, 2.45) is 0 Å². The summed E-state index contributed by atoms with van der Waals surface area (Å²) in [6.45, 7) is 6.57. The van der Waals surface area contributed by atoms with Gasteiger partial charge in [0.1, 0.15) is 5.76 Å². The summed E-state index contributed by atoms with van der Waals surface area (Å²) in [5.41, 5.74) is 1.27. The zero-order valence-corrected chi connectivity index (χ0v) is 10.5. The molecule has 0 radical (unpaired) electrons. The number of thioether (sulfide) groups is 1. The van der Waals surface area contributed by atoms with E-state index in [-0.39, 0.29) is 0 Å². The van der Waals surface area contributed by atoms with Crippen LogP contribution >= 0.6 is 11.8 Å². The van der Waals surface area contributed by atoms with Gasteiger partial charge >= 0.3 is 0 Å². The van der Waals surface area contributed by atoms with Crippen molar-refractivity contribution in [2.45, 2.75) is 32.4 Å². The quantitative estimate of drug-likeness (QED) is 0.690. The van der Waals surface area contributed by atoms with Crippen LogP contribution in [0.1, 0.15) is 31.1 Å². The topological polar surface area (TPSA) is 25.2 Å². The average Bonchev–Trinajstić information content (AvgIpc) is 2.63. The normalized spacial score (nSPS) is 10.8. The fourth-order valence-electron chi connectivity index (χ4n) is 1.29. The molecular formula is C12H21NOS. The summed E-state index contributed by atoms with van der Waals surface area (Å²) in [5.74, 6) is 3.27. The predicted molar refractivity (Wildman–Crippen MR) is 67.4 cm³/mol. The maximum atomic E-state index is 5.37. The van der Waals surface area contributed by atoms with Crippen molar-refractivity contribution in [3.05, 3.63) is 23.7 Å². The molecule has 0 atom stereocenters. The lowest BCUT2D eigenvalue weighted by Gasteiger charge is -2.03. The maximum absolute atomic E-state index is 5.37. The van der Waals surface area contributed by atoms with E-state index in [0.29, 0.717) is 0 Å². The largest absolute Gasteiger partial charge is 0.468 e. The van der Waals surface area contributed by atoms with Crippen LogP contribution in [-0.4, -0.2) is 18.8 Å². The van der Waals surface area contributed by atoms with Crippen LogP contribution in [0.25, 0.3) is 0 Å². The van der Waals surface area contributed by atoms with Gasteiger partial charge in [0.05, 0.1) is 12.0 Å². The lowest BCUT2D eigenvalue weighted by Crippen LogP contribution is -2.18. The van der Waals surface area contributed by atoms with Crippen molar-refractivity contribution in [2.75, 3.05) is 18.8 Å². The Labute approximate surface area is 96.8 Å². The Bertz CT molecular complexity index is 260. The molecule has 0 bridgehead atoms. The first-order valence-electron chi connectivity index (χ1n) is 5.66. The first kappa shape index (κ1) is 12.7. The standard InChI is InChI=1S/C12H21NOS/c1-3-4-6-13-7-9-15-10-12-11(2)5-8-14-12/h5,8,13H,3-4,6-7,9-10H2,1-2H3. The van der Waals surface area contributed by atoms with Crippen LogP contribution in [0.2, 0.25) is 0 Å². The Hall–Kier alpha value is -0.410. The predicted octanol–water partition coefficient (Wildman–Crippen LogP) is 3.21. The maximum Gasteiger partial charge on any atom is 0.116 e. The van der Waals surface area contributed by atoms with Gasteiger partial charge in [-0.3, -0.25) is 0 Å². The highest BCUT2D eigenvalue weighted by molar-refractivity contribution is 7.98. The lowest BCUT2D eigenvalue weighted by molar-refractivity contribution is 0.528. The van der Waals surface area contributed by atoms with Crippen LogP contribution in [0.3, 0.4) is 0 Å². The summed E-state index contributed by atoms with van der Waals surface area (Å²) in [4.78, 5) is 0. The summed E-state index contributed by atoms with van der Waals surface area (Å²) in [5, 5.41) is 3.43. The third-order valence-corrected chi connectivity index (χ3v) is 3.29. The van der Waals surface area contributed by atoms with E-state index in [9.17, 15) is 0 Å². The Morgan fingerprint density at radius 1 is 1.40 bits per heavy atom.